The molecule has 0 radical (unpaired) electrons. The Morgan fingerprint density at radius 1 is 1.04 bits per heavy atom. The van der Waals surface area contributed by atoms with Gasteiger partial charge in [0.05, 0.1) is 0 Å². The summed E-state index contributed by atoms with van der Waals surface area (Å²) >= 11 is 1.47. The third-order valence-electron chi connectivity index (χ3n) is 4.55. The highest BCUT2D eigenvalue weighted by atomic mass is 32.1. The summed E-state index contributed by atoms with van der Waals surface area (Å²) in [4.78, 5) is 24.1. The summed E-state index contributed by atoms with van der Waals surface area (Å²) in [6.07, 6.45) is 6.10. The highest BCUT2D eigenvalue weighted by Crippen LogP contribution is 2.35. The Morgan fingerprint density at radius 3 is 2.38 bits per heavy atom. The zero-order valence-electron chi connectivity index (χ0n) is 15.1. The van der Waals surface area contributed by atoms with Crippen molar-refractivity contribution in [2.75, 3.05) is 10.6 Å². The summed E-state index contributed by atoms with van der Waals surface area (Å²) < 4.78 is 0. The molecular formula is C19H24N4O2S. The van der Waals surface area contributed by atoms with Crippen LogP contribution in [0.5, 0.6) is 0 Å². The summed E-state index contributed by atoms with van der Waals surface area (Å²) in [6.45, 7) is 3.67. The van der Waals surface area contributed by atoms with Crippen LogP contribution in [0.1, 0.15) is 67.2 Å². The van der Waals surface area contributed by atoms with E-state index in [1.165, 1.54) is 30.6 Å². The number of carbonyl (C=O) groups excluding carboxylic acids is 2. The number of amides is 2. The molecule has 0 atom stereocenters. The van der Waals surface area contributed by atoms with E-state index in [1.54, 1.807) is 24.3 Å². The molecule has 6 nitrogen and oxygen atoms in total. The maximum atomic E-state index is 12.4. The van der Waals surface area contributed by atoms with Gasteiger partial charge in [0.15, 0.2) is 0 Å². The highest BCUT2D eigenvalue weighted by Gasteiger charge is 2.20. The van der Waals surface area contributed by atoms with Gasteiger partial charge in [-0.1, -0.05) is 44.4 Å². The quantitative estimate of drug-likeness (QED) is 0.813. The minimum absolute atomic E-state index is 0.0497. The smallest absolute Gasteiger partial charge is 0.257 e. The van der Waals surface area contributed by atoms with Crippen LogP contribution in [-0.2, 0) is 4.79 Å². The zero-order valence-corrected chi connectivity index (χ0v) is 15.9. The predicted octanol–water partition coefficient (Wildman–Crippen LogP) is 4.43. The summed E-state index contributed by atoms with van der Waals surface area (Å²) in [5, 5.41) is 15.5. The Hall–Kier alpha value is -2.28. The van der Waals surface area contributed by atoms with Gasteiger partial charge in [0, 0.05) is 23.1 Å². The molecule has 1 aliphatic carbocycles. The van der Waals surface area contributed by atoms with Gasteiger partial charge < -0.3 is 5.32 Å². The number of benzene rings is 1. The van der Waals surface area contributed by atoms with Crippen molar-refractivity contribution >= 4 is 34.0 Å². The van der Waals surface area contributed by atoms with Crippen molar-refractivity contribution in [3.8, 4) is 0 Å². The van der Waals surface area contributed by atoms with Gasteiger partial charge in [-0.2, -0.15) is 0 Å². The molecule has 1 aliphatic rings. The number of rotatable bonds is 5. The van der Waals surface area contributed by atoms with Gasteiger partial charge in [-0.3, -0.25) is 14.9 Å². The van der Waals surface area contributed by atoms with Gasteiger partial charge >= 0.3 is 0 Å². The molecule has 0 saturated heterocycles. The number of hydrogen-bond donors (Lipinski definition) is 2. The van der Waals surface area contributed by atoms with E-state index in [0.29, 0.717) is 22.3 Å². The fourth-order valence-corrected chi connectivity index (χ4v) is 3.87. The first kappa shape index (κ1) is 18.5. The van der Waals surface area contributed by atoms with Crippen LogP contribution in [0.3, 0.4) is 0 Å². The standard InChI is InChI=1S/C19H24N4O2S/c1-12(2)16(24)20-15-10-8-13(9-11-15)17(25)21-19-23-22-18(26-19)14-6-4-3-5-7-14/h8-12,14H,3-7H2,1-2H3,(H,20,24)(H,21,23,25). The van der Waals surface area contributed by atoms with Crippen molar-refractivity contribution in [2.24, 2.45) is 5.92 Å². The van der Waals surface area contributed by atoms with Crippen LogP contribution in [0.15, 0.2) is 24.3 Å². The number of carbonyl (C=O) groups is 2. The van der Waals surface area contributed by atoms with Crippen molar-refractivity contribution in [1.29, 1.82) is 0 Å². The summed E-state index contributed by atoms with van der Waals surface area (Å²) in [5.41, 5.74) is 1.19. The van der Waals surface area contributed by atoms with Gasteiger partial charge in [0.1, 0.15) is 5.01 Å². The lowest BCUT2D eigenvalue weighted by molar-refractivity contribution is -0.118. The first-order chi connectivity index (χ1) is 12.5. The number of anilines is 2. The van der Waals surface area contributed by atoms with Gasteiger partial charge in [0.25, 0.3) is 5.91 Å². The van der Waals surface area contributed by atoms with E-state index in [2.05, 4.69) is 20.8 Å². The second-order valence-corrected chi connectivity index (χ2v) is 7.96. The van der Waals surface area contributed by atoms with E-state index < -0.39 is 0 Å². The van der Waals surface area contributed by atoms with Crippen LogP contribution in [0.2, 0.25) is 0 Å². The van der Waals surface area contributed by atoms with Crippen LogP contribution in [0.25, 0.3) is 0 Å². The van der Waals surface area contributed by atoms with Crippen LogP contribution in [-0.4, -0.2) is 22.0 Å². The first-order valence-corrected chi connectivity index (χ1v) is 9.90. The van der Waals surface area contributed by atoms with Crippen LogP contribution >= 0.6 is 11.3 Å². The van der Waals surface area contributed by atoms with E-state index in [-0.39, 0.29) is 17.7 Å². The van der Waals surface area contributed by atoms with Crippen molar-refractivity contribution in [3.63, 3.8) is 0 Å². The minimum Gasteiger partial charge on any atom is -0.326 e. The van der Waals surface area contributed by atoms with Crippen LogP contribution < -0.4 is 10.6 Å². The molecule has 2 amide bonds. The molecule has 0 spiro atoms. The number of hydrogen-bond acceptors (Lipinski definition) is 5. The molecule has 0 aliphatic heterocycles. The molecule has 1 heterocycles. The summed E-state index contributed by atoms with van der Waals surface area (Å²) in [6, 6.07) is 6.83. The molecule has 0 unspecified atom stereocenters. The Balaban J connectivity index is 1.59. The molecule has 1 saturated carbocycles. The normalized spacial score (nSPS) is 15.0. The van der Waals surface area contributed by atoms with E-state index in [0.717, 1.165) is 17.8 Å². The molecule has 1 aromatic heterocycles. The molecule has 2 N–H and O–H groups in total. The van der Waals surface area contributed by atoms with E-state index in [4.69, 9.17) is 0 Å². The lowest BCUT2D eigenvalue weighted by Gasteiger charge is -2.18. The maximum Gasteiger partial charge on any atom is 0.257 e. The van der Waals surface area contributed by atoms with Crippen molar-refractivity contribution in [1.82, 2.24) is 10.2 Å². The molecule has 7 heteroatoms. The molecule has 26 heavy (non-hydrogen) atoms. The lowest BCUT2D eigenvalue weighted by atomic mass is 9.90. The third kappa shape index (κ3) is 4.66. The Labute approximate surface area is 157 Å². The van der Waals surface area contributed by atoms with E-state index in [1.807, 2.05) is 13.8 Å². The third-order valence-corrected chi connectivity index (χ3v) is 5.56. The highest BCUT2D eigenvalue weighted by molar-refractivity contribution is 7.15. The molecular weight excluding hydrogens is 348 g/mol. The molecule has 0 bridgehead atoms. The molecule has 3 rings (SSSR count). The summed E-state index contributed by atoms with van der Waals surface area (Å²) in [5.74, 6) is 0.119. The van der Waals surface area contributed by atoms with Crippen molar-refractivity contribution < 1.29 is 9.59 Å². The predicted molar refractivity (Wildman–Crippen MR) is 104 cm³/mol. The molecule has 2 aromatic rings. The lowest BCUT2D eigenvalue weighted by Crippen LogP contribution is -2.18. The fraction of sp³-hybridized carbons (Fsp3) is 0.474. The van der Waals surface area contributed by atoms with Crippen molar-refractivity contribution in [3.05, 3.63) is 34.8 Å². The average Bonchev–Trinajstić information content (AvgIpc) is 3.11. The topological polar surface area (TPSA) is 84.0 Å². The minimum atomic E-state index is -0.224. The number of nitrogens with one attached hydrogen (secondary N) is 2. The van der Waals surface area contributed by atoms with Crippen LogP contribution in [0.4, 0.5) is 10.8 Å². The van der Waals surface area contributed by atoms with Gasteiger partial charge in [-0.15, -0.1) is 10.2 Å². The van der Waals surface area contributed by atoms with Gasteiger partial charge in [-0.25, -0.2) is 0 Å². The average molecular weight is 372 g/mol. The SMILES string of the molecule is CC(C)C(=O)Nc1ccc(C(=O)Nc2nnc(C3CCCCC3)s2)cc1. The zero-order chi connectivity index (χ0) is 18.5. The Bertz CT molecular complexity index is 764. The molecule has 1 aromatic carbocycles. The molecule has 138 valence electrons. The van der Waals surface area contributed by atoms with Gasteiger partial charge in [0.2, 0.25) is 11.0 Å². The maximum absolute atomic E-state index is 12.4. The second kappa shape index (κ2) is 8.40. The number of aromatic nitrogens is 2. The monoisotopic (exact) mass is 372 g/mol. The van der Waals surface area contributed by atoms with E-state index in [9.17, 15) is 9.59 Å². The second-order valence-electron chi connectivity index (χ2n) is 6.96. The summed E-state index contributed by atoms with van der Waals surface area (Å²) in [7, 11) is 0. The van der Waals surface area contributed by atoms with Crippen LogP contribution in [0, 0.1) is 5.92 Å². The Kier molecular flexibility index (Phi) is 5.98. The van der Waals surface area contributed by atoms with E-state index >= 15 is 0 Å². The largest absolute Gasteiger partial charge is 0.326 e. The van der Waals surface area contributed by atoms with Crippen molar-refractivity contribution in [2.45, 2.75) is 51.9 Å². The fourth-order valence-electron chi connectivity index (χ4n) is 2.96. The number of nitrogens with zero attached hydrogens (tertiary/aromatic N) is 2. The molecule has 1 fully saturated rings. The Morgan fingerprint density at radius 2 is 1.73 bits per heavy atom. The van der Waals surface area contributed by atoms with Gasteiger partial charge in [-0.05, 0) is 37.1 Å². The first-order valence-electron chi connectivity index (χ1n) is 9.08.